The first kappa shape index (κ1) is 12.9. The molecule has 0 radical (unpaired) electrons. The van der Waals surface area contributed by atoms with E-state index in [0.29, 0.717) is 17.7 Å². The Balaban J connectivity index is 1.64. The lowest BCUT2D eigenvalue weighted by Gasteiger charge is -2.13. The molecule has 1 aromatic carbocycles. The number of hydrogen-bond donors (Lipinski definition) is 1. The molecule has 0 aliphatic carbocycles. The number of carbonyl (C=O) groups is 1. The van der Waals surface area contributed by atoms with Crippen LogP contribution in [0.4, 0.5) is 0 Å². The first-order valence-electron chi connectivity index (χ1n) is 6.71. The summed E-state index contributed by atoms with van der Waals surface area (Å²) in [5.41, 5.74) is 1.21. The van der Waals surface area contributed by atoms with E-state index in [1.165, 1.54) is 25.0 Å². The normalized spacial score (nSPS) is 15.8. The molecule has 0 amide bonds. The molecule has 0 atom stereocenters. The summed E-state index contributed by atoms with van der Waals surface area (Å²) >= 11 is 0. The second kappa shape index (κ2) is 5.50. The van der Waals surface area contributed by atoms with Crippen molar-refractivity contribution in [3.8, 4) is 6.08 Å². The monoisotopic (exact) mass is 276 g/mol. The topological polar surface area (TPSA) is 75.8 Å². The van der Waals surface area contributed by atoms with E-state index >= 15 is 0 Å². The highest BCUT2D eigenvalue weighted by molar-refractivity contribution is 5.91. The maximum Gasteiger partial charge on any atom is 0.394 e. The summed E-state index contributed by atoms with van der Waals surface area (Å²) in [5.74, 6) is -0.986. The molecule has 2 heterocycles. The van der Waals surface area contributed by atoms with Crippen LogP contribution in [0.2, 0.25) is 0 Å². The molecule has 1 aromatic heterocycles. The number of hydrogen-bond acceptors (Lipinski definition) is 5. The number of nitrogens with zero attached hydrogens (tertiary/aromatic N) is 2. The fourth-order valence-electron chi connectivity index (χ4n) is 2.37. The molecule has 6 heteroatoms. The SMILES string of the molecule is O=C(O)c1ccc2nc(OCCN3CCCC3)oc2c1. The molecule has 0 spiro atoms. The van der Waals surface area contributed by atoms with E-state index < -0.39 is 5.97 Å². The average molecular weight is 276 g/mol. The summed E-state index contributed by atoms with van der Waals surface area (Å²) in [6.45, 7) is 3.63. The van der Waals surface area contributed by atoms with Gasteiger partial charge < -0.3 is 14.3 Å². The van der Waals surface area contributed by atoms with Gasteiger partial charge in [-0.05, 0) is 44.1 Å². The summed E-state index contributed by atoms with van der Waals surface area (Å²) < 4.78 is 10.9. The Hall–Kier alpha value is -2.08. The number of aromatic carboxylic acids is 1. The van der Waals surface area contributed by atoms with E-state index in [2.05, 4.69) is 9.88 Å². The van der Waals surface area contributed by atoms with E-state index in [4.69, 9.17) is 14.3 Å². The van der Waals surface area contributed by atoms with Crippen molar-refractivity contribution >= 4 is 17.1 Å². The van der Waals surface area contributed by atoms with Gasteiger partial charge in [0.2, 0.25) is 0 Å². The number of aromatic nitrogens is 1. The highest BCUT2D eigenvalue weighted by Crippen LogP contribution is 2.21. The molecule has 6 nitrogen and oxygen atoms in total. The van der Waals surface area contributed by atoms with Crippen LogP contribution in [0.15, 0.2) is 22.6 Å². The third-order valence-corrected chi connectivity index (χ3v) is 3.45. The minimum Gasteiger partial charge on any atom is -0.478 e. The van der Waals surface area contributed by atoms with Gasteiger partial charge in [-0.15, -0.1) is 0 Å². The fraction of sp³-hybridized carbons (Fsp3) is 0.429. The maximum atomic E-state index is 10.9. The van der Waals surface area contributed by atoms with Gasteiger partial charge in [-0.25, -0.2) is 4.79 Å². The highest BCUT2D eigenvalue weighted by Gasteiger charge is 2.13. The third-order valence-electron chi connectivity index (χ3n) is 3.45. The molecule has 0 unspecified atom stereocenters. The first-order valence-corrected chi connectivity index (χ1v) is 6.71. The van der Waals surface area contributed by atoms with Gasteiger partial charge in [0.15, 0.2) is 5.58 Å². The predicted molar refractivity (Wildman–Crippen MR) is 72.1 cm³/mol. The van der Waals surface area contributed by atoms with Crippen molar-refractivity contribution in [2.75, 3.05) is 26.2 Å². The van der Waals surface area contributed by atoms with Gasteiger partial charge in [0.1, 0.15) is 12.1 Å². The molecule has 1 aliphatic rings. The molecule has 1 fully saturated rings. The molecule has 0 bridgehead atoms. The Morgan fingerprint density at radius 2 is 2.20 bits per heavy atom. The van der Waals surface area contributed by atoms with Crippen molar-refractivity contribution in [3.05, 3.63) is 23.8 Å². The Bertz CT molecular complexity index is 617. The van der Waals surface area contributed by atoms with Crippen molar-refractivity contribution in [1.29, 1.82) is 0 Å². The molecule has 2 aromatic rings. The van der Waals surface area contributed by atoms with E-state index in [1.807, 2.05) is 0 Å². The molecule has 1 saturated heterocycles. The van der Waals surface area contributed by atoms with Crippen LogP contribution in [0.5, 0.6) is 6.08 Å². The Morgan fingerprint density at radius 1 is 1.40 bits per heavy atom. The smallest absolute Gasteiger partial charge is 0.394 e. The molecular formula is C14H16N2O4. The van der Waals surface area contributed by atoms with Crippen LogP contribution >= 0.6 is 0 Å². The van der Waals surface area contributed by atoms with Gasteiger partial charge in [-0.3, -0.25) is 4.90 Å². The summed E-state index contributed by atoms with van der Waals surface area (Å²) in [4.78, 5) is 17.4. The zero-order valence-corrected chi connectivity index (χ0v) is 11.0. The van der Waals surface area contributed by atoms with Crippen LogP contribution in [0.3, 0.4) is 0 Å². The van der Waals surface area contributed by atoms with Gasteiger partial charge in [0, 0.05) is 6.54 Å². The van der Waals surface area contributed by atoms with Gasteiger partial charge in [-0.2, -0.15) is 4.98 Å². The lowest BCUT2D eigenvalue weighted by atomic mass is 10.2. The minimum atomic E-state index is -0.986. The molecule has 0 saturated carbocycles. The third kappa shape index (κ3) is 2.75. The Kier molecular flexibility index (Phi) is 3.56. The van der Waals surface area contributed by atoms with Crippen molar-refractivity contribution in [2.45, 2.75) is 12.8 Å². The average Bonchev–Trinajstić information content (AvgIpc) is 3.06. The minimum absolute atomic E-state index is 0.178. The van der Waals surface area contributed by atoms with Gasteiger partial charge >= 0.3 is 12.0 Å². The van der Waals surface area contributed by atoms with Crippen molar-refractivity contribution in [2.24, 2.45) is 0 Å². The standard InChI is InChI=1S/C14H16N2O4/c17-13(18)10-3-4-11-12(9-10)20-14(15-11)19-8-7-16-5-1-2-6-16/h3-4,9H,1-2,5-8H2,(H,17,18). The summed E-state index contributed by atoms with van der Waals surface area (Å²) in [6, 6.07) is 4.58. The Labute approximate surface area is 116 Å². The number of carboxylic acids is 1. The zero-order chi connectivity index (χ0) is 13.9. The largest absolute Gasteiger partial charge is 0.478 e. The van der Waals surface area contributed by atoms with Crippen molar-refractivity contribution in [1.82, 2.24) is 9.88 Å². The van der Waals surface area contributed by atoms with Crippen LogP contribution in [-0.2, 0) is 0 Å². The molecule has 1 N–H and O–H groups in total. The van der Waals surface area contributed by atoms with E-state index in [9.17, 15) is 4.79 Å². The molecular weight excluding hydrogens is 260 g/mol. The van der Waals surface area contributed by atoms with Gasteiger partial charge in [0.25, 0.3) is 0 Å². The number of rotatable bonds is 5. The van der Waals surface area contributed by atoms with Crippen LogP contribution < -0.4 is 4.74 Å². The number of ether oxygens (including phenoxy) is 1. The molecule has 1 aliphatic heterocycles. The lowest BCUT2D eigenvalue weighted by molar-refractivity contribution is 0.0697. The predicted octanol–water partition coefficient (Wildman–Crippen LogP) is 2.00. The molecule has 106 valence electrons. The first-order chi connectivity index (χ1) is 9.72. The van der Waals surface area contributed by atoms with Crippen LogP contribution in [0.25, 0.3) is 11.1 Å². The van der Waals surface area contributed by atoms with Gasteiger partial charge in [0.05, 0.1) is 5.56 Å². The number of fused-ring (bicyclic) bond motifs is 1. The fourth-order valence-corrected chi connectivity index (χ4v) is 2.37. The number of benzene rings is 1. The number of oxazole rings is 1. The van der Waals surface area contributed by atoms with Crippen molar-refractivity contribution in [3.63, 3.8) is 0 Å². The summed E-state index contributed by atoms with van der Waals surface area (Å²) in [5, 5.41) is 8.91. The second-order valence-corrected chi connectivity index (χ2v) is 4.86. The highest BCUT2D eigenvalue weighted by atomic mass is 16.6. The number of likely N-dealkylation sites (tertiary alicyclic amines) is 1. The summed E-state index contributed by atoms with van der Waals surface area (Å²) in [6.07, 6.45) is 2.70. The number of carboxylic acid groups (broad SMARTS) is 1. The quantitative estimate of drug-likeness (QED) is 0.900. The second-order valence-electron chi connectivity index (χ2n) is 4.86. The van der Waals surface area contributed by atoms with Crippen molar-refractivity contribution < 1.29 is 19.1 Å². The zero-order valence-electron chi connectivity index (χ0n) is 11.0. The maximum absolute atomic E-state index is 10.9. The van der Waals surface area contributed by atoms with Crippen LogP contribution in [0, 0.1) is 0 Å². The molecule has 20 heavy (non-hydrogen) atoms. The van der Waals surface area contributed by atoms with E-state index in [-0.39, 0.29) is 11.6 Å². The van der Waals surface area contributed by atoms with E-state index in [1.54, 1.807) is 6.07 Å². The van der Waals surface area contributed by atoms with E-state index in [0.717, 1.165) is 19.6 Å². The Morgan fingerprint density at radius 3 is 2.95 bits per heavy atom. The van der Waals surface area contributed by atoms with Crippen LogP contribution in [0.1, 0.15) is 23.2 Å². The van der Waals surface area contributed by atoms with Crippen LogP contribution in [-0.4, -0.2) is 47.2 Å². The molecule has 3 rings (SSSR count). The van der Waals surface area contributed by atoms with Gasteiger partial charge in [-0.1, -0.05) is 0 Å². The lowest BCUT2D eigenvalue weighted by Crippen LogP contribution is -2.25. The summed E-state index contributed by atoms with van der Waals surface area (Å²) in [7, 11) is 0.